The third kappa shape index (κ3) is 2.57. The zero-order valence-electron chi connectivity index (χ0n) is 50.9. The number of fused-ring (bicyclic) bond motifs is 2. The highest BCUT2D eigenvalue weighted by atomic mass is 16.5. The average molecular weight is 1200 g/mol. The van der Waals surface area contributed by atoms with Gasteiger partial charge in [0.05, 0.1) is 21.7 Å². The summed E-state index contributed by atoms with van der Waals surface area (Å²) in [7, 11) is 5.18. The molecule has 28 aromatic carbocycles. The van der Waals surface area contributed by atoms with Crippen molar-refractivity contribution in [3.05, 3.63) is 164 Å². The van der Waals surface area contributed by atoms with Gasteiger partial charge in [0, 0.05) is 25.2 Å². The first kappa shape index (κ1) is 40.4. The Morgan fingerprint density at radius 2 is 0.438 bits per heavy atom. The molecule has 422 valence electrons. The molecule has 28 aromatic rings. The molecule has 8 aliphatic carbocycles. The van der Waals surface area contributed by atoms with Crippen LogP contribution >= 0.6 is 0 Å². The molecule has 2 fully saturated rings. The quantitative estimate of drug-likeness (QED) is 0.141. The molecule has 6 atom stereocenters. The van der Waals surface area contributed by atoms with Crippen LogP contribution in [0.1, 0.15) is 78.8 Å². The van der Waals surface area contributed by atoms with Crippen molar-refractivity contribution in [2.24, 2.45) is 0 Å². The van der Waals surface area contributed by atoms with Gasteiger partial charge in [-0.3, -0.25) is 9.80 Å². The molecule has 44 rings (SSSR count). The third-order valence-corrected chi connectivity index (χ3v) is 32.7. The fraction of sp³-hybridized carbons (Fsp3) is 0.130. The Morgan fingerprint density at radius 1 is 0.240 bits per heavy atom. The number of hydrogen-bond donors (Lipinski definition) is 0. The topological polar surface area (TPSA) is 24.9 Å². The molecular weight excluding hydrogens is 1170 g/mol. The Hall–Kier alpha value is -10.9. The fourth-order valence-electron chi connectivity index (χ4n) is 32.0. The van der Waals surface area contributed by atoms with Crippen molar-refractivity contribution in [1.82, 2.24) is 9.80 Å². The van der Waals surface area contributed by atoms with E-state index in [1.165, 1.54) is 33.4 Å². The lowest BCUT2D eigenvalue weighted by atomic mass is 9.47. The maximum atomic E-state index is 6.92. The van der Waals surface area contributed by atoms with Gasteiger partial charge >= 0.3 is 0 Å². The van der Waals surface area contributed by atoms with Gasteiger partial charge in [-0.1, -0.05) is 72.8 Å². The summed E-state index contributed by atoms with van der Waals surface area (Å²) < 4.78 is 13.8. The Morgan fingerprint density at radius 3 is 0.677 bits per heavy atom. The highest BCUT2D eigenvalue weighted by Crippen LogP contribution is 2.90. The lowest BCUT2D eigenvalue weighted by Gasteiger charge is -2.52. The molecule has 96 heavy (non-hydrogen) atoms. The molecule has 16 aliphatic rings. The normalized spacial score (nSPS) is 26.1. The molecule has 0 aromatic heterocycles. The fourth-order valence-corrected chi connectivity index (χ4v) is 32.0. The summed E-state index contributed by atoms with van der Waals surface area (Å²) in [6.45, 7) is 2.99. The SMILES string of the molecule is CN1CC23c4c5c6c7c8c9c%10c%11c%12c%13c%14c%15c%16c%17c%18c%19c9c6c6c%18c9c%17c%17c%15c%15c%18c%14c%14c%12c%12c%11c8c(c8c%11c2c2c4c4c(c56)c9c5c4c4c2c2c%11c(c8%12)c%14c%18c2c4c%15c%175)C73[C@@H]1c1ccc(cc1)OCc1ccc(cc1)-c1ccc(cc1)COc1ccc(cc1)[C@H]1N(C)CC%13%16C%10%191. The minimum Gasteiger partial charge on any atom is -0.489 e. The molecule has 4 spiro atoms. The van der Waals surface area contributed by atoms with Gasteiger partial charge in [0.25, 0.3) is 0 Å². The monoisotopic (exact) mass is 1200 g/mol. The molecule has 0 amide bonds. The first-order valence-electron chi connectivity index (χ1n) is 35.6. The molecule has 0 saturated carbocycles. The molecule has 14 bridgehead atoms. The van der Waals surface area contributed by atoms with Gasteiger partial charge in [0.15, 0.2) is 0 Å². The van der Waals surface area contributed by atoms with Crippen molar-refractivity contribution in [3.8, 4) is 22.6 Å². The summed E-state index contributed by atoms with van der Waals surface area (Å²) in [5.41, 5.74) is 20.0. The molecular formula is C92H32N2O2. The van der Waals surface area contributed by atoms with E-state index in [9.17, 15) is 0 Å². The predicted octanol–water partition coefficient (Wildman–Crippen LogP) is 21.4. The Bertz CT molecular complexity index is 8490. The van der Waals surface area contributed by atoms with Crippen molar-refractivity contribution in [3.63, 3.8) is 0 Å². The van der Waals surface area contributed by atoms with Gasteiger partial charge in [0.2, 0.25) is 0 Å². The second kappa shape index (κ2) is 10.2. The average Bonchev–Trinajstić information content (AvgIpc) is 1.37. The summed E-state index contributed by atoms with van der Waals surface area (Å²) in [6.07, 6.45) is 0. The van der Waals surface area contributed by atoms with Gasteiger partial charge < -0.3 is 9.47 Å². The van der Waals surface area contributed by atoms with Crippen LogP contribution in [0.25, 0.3) is 270 Å². The van der Waals surface area contributed by atoms with Crippen molar-refractivity contribution < 1.29 is 9.47 Å². The zero-order chi connectivity index (χ0) is 58.8. The van der Waals surface area contributed by atoms with Gasteiger partial charge in [-0.05, 0) is 375 Å². The Labute approximate surface area is 535 Å². The van der Waals surface area contributed by atoms with Crippen LogP contribution in [-0.2, 0) is 34.9 Å². The van der Waals surface area contributed by atoms with E-state index >= 15 is 0 Å². The largest absolute Gasteiger partial charge is 0.489 e. The molecule has 0 N–H and O–H groups in total. The van der Waals surface area contributed by atoms with Gasteiger partial charge in [-0.2, -0.15) is 0 Å². The van der Waals surface area contributed by atoms with E-state index in [2.05, 4.69) is 121 Å². The van der Waals surface area contributed by atoms with Crippen LogP contribution in [0.4, 0.5) is 0 Å². The Kier molecular flexibility index (Phi) is 4.28. The number of hydrogen-bond acceptors (Lipinski definition) is 4. The number of nitrogens with zero attached hydrogens (tertiary/aromatic N) is 2. The first-order valence-corrected chi connectivity index (χ1v) is 35.6. The van der Waals surface area contributed by atoms with Crippen molar-refractivity contribution >= 4 is 259 Å². The summed E-state index contributed by atoms with van der Waals surface area (Å²) in [4.78, 5) is 5.93. The smallest absolute Gasteiger partial charge is 0.119 e. The lowest BCUT2D eigenvalue weighted by Crippen LogP contribution is -2.52. The number of likely N-dealkylation sites (N-methyl/N-ethyl adjacent to an activating group) is 2. The summed E-state index contributed by atoms with van der Waals surface area (Å²) in [5.74, 6) is 1.87. The van der Waals surface area contributed by atoms with Crippen LogP contribution in [0.5, 0.6) is 11.5 Å². The minimum atomic E-state index is -0.445. The third-order valence-electron chi connectivity index (χ3n) is 32.7. The molecule has 8 aliphatic heterocycles. The maximum absolute atomic E-state index is 6.92. The number of ether oxygens (including phenoxy) is 2. The molecule has 4 heteroatoms. The lowest BCUT2D eigenvalue weighted by molar-refractivity contribution is 0.270. The maximum Gasteiger partial charge on any atom is 0.119 e. The van der Waals surface area contributed by atoms with E-state index < -0.39 is 10.8 Å². The molecule has 2 saturated heterocycles. The van der Waals surface area contributed by atoms with Crippen LogP contribution in [0.15, 0.2) is 97.1 Å². The standard InChI is InChI=1S/C92H32N2O2/c1-93-21-89-79-63-51-39-31-32-36-33-37-45-53(41(33)39)65(63)81(89)69-57(45)49-60-48(37)56-44(36)52-40(32)42-34-35(31)43(51)55-47-38(34)46-54(42)66-64(52)80-68(56)72(60)84-76-61(49)73(69)85-77-75-62-50-58(46)70-74(62)86(78(76)77)92(84)88(94(2)22-90(80,92)82(66)70)28-13-17-30(18-14-28)96-20-24-5-9-26(10-6-24)25-7-3-23(4-8-25)19-95-29-15-11-27(12-16-29)87(93)91(85,89)83(75)71(59(47)50)67(55)79/h3-18,87-88H,19-22H2,1-2H3/t87-,88+,89?,90?,91?,92?. The van der Waals surface area contributed by atoms with Crippen LogP contribution in [0.3, 0.4) is 0 Å². The highest BCUT2D eigenvalue weighted by molar-refractivity contribution is 6.78. The highest BCUT2D eigenvalue weighted by Gasteiger charge is 2.80. The molecule has 8 heterocycles. The van der Waals surface area contributed by atoms with Crippen molar-refractivity contribution in [2.45, 2.75) is 47.0 Å². The summed E-state index contributed by atoms with van der Waals surface area (Å²) in [6, 6.07) is 37.8. The van der Waals surface area contributed by atoms with Crippen molar-refractivity contribution in [1.29, 1.82) is 0 Å². The second-order valence-corrected chi connectivity index (χ2v) is 34.2. The van der Waals surface area contributed by atoms with E-state index in [0.29, 0.717) is 13.2 Å². The minimum absolute atomic E-state index is 0.0457. The van der Waals surface area contributed by atoms with E-state index in [0.717, 1.165) is 24.6 Å². The number of benzene rings is 20. The molecule has 4 nitrogen and oxygen atoms in total. The van der Waals surface area contributed by atoms with E-state index in [4.69, 9.17) is 9.47 Å². The van der Waals surface area contributed by atoms with E-state index in [1.54, 1.807) is 303 Å². The predicted molar refractivity (Wildman–Crippen MR) is 391 cm³/mol. The van der Waals surface area contributed by atoms with Crippen LogP contribution in [0, 0.1) is 0 Å². The van der Waals surface area contributed by atoms with Crippen molar-refractivity contribution in [2.75, 3.05) is 27.2 Å². The van der Waals surface area contributed by atoms with E-state index in [1.807, 2.05) is 0 Å². The summed E-state index contributed by atoms with van der Waals surface area (Å²) >= 11 is 0. The Balaban J connectivity index is 0.858. The first-order chi connectivity index (χ1) is 47.6. The van der Waals surface area contributed by atoms with Gasteiger partial charge in [0.1, 0.15) is 24.7 Å². The molecule has 4 unspecified atom stereocenters. The zero-order valence-corrected chi connectivity index (χ0v) is 50.9. The number of rotatable bonds is 0. The van der Waals surface area contributed by atoms with Crippen LogP contribution in [0.2, 0.25) is 0 Å². The van der Waals surface area contributed by atoms with Crippen LogP contribution in [-0.4, -0.2) is 37.0 Å². The van der Waals surface area contributed by atoms with Gasteiger partial charge in [-0.15, -0.1) is 0 Å². The van der Waals surface area contributed by atoms with E-state index in [-0.39, 0.29) is 22.9 Å². The second-order valence-electron chi connectivity index (χ2n) is 34.2. The van der Waals surface area contributed by atoms with Gasteiger partial charge in [-0.25, -0.2) is 0 Å². The van der Waals surface area contributed by atoms with Crippen LogP contribution < -0.4 is 9.47 Å². The number of likely N-dealkylation sites (tertiary alicyclic amines) is 2. The molecule has 0 radical (unpaired) electrons. The summed E-state index contributed by atoms with van der Waals surface area (Å²) in [5, 5.41) is 79.8.